The fourth-order valence-corrected chi connectivity index (χ4v) is 3.24. The van der Waals surface area contributed by atoms with Gasteiger partial charge in [-0.2, -0.15) is 0 Å². The van der Waals surface area contributed by atoms with Gasteiger partial charge in [-0.15, -0.1) is 0 Å². The number of carbonyl (C=O) groups excluding carboxylic acids is 1. The second kappa shape index (κ2) is 7.38. The van der Waals surface area contributed by atoms with E-state index in [9.17, 15) is 4.79 Å². The zero-order valence-corrected chi connectivity index (χ0v) is 13.5. The van der Waals surface area contributed by atoms with Crippen molar-refractivity contribution in [1.82, 2.24) is 15.2 Å². The average Bonchev–Trinajstić information content (AvgIpc) is 2.62. The van der Waals surface area contributed by atoms with Crippen molar-refractivity contribution in [2.24, 2.45) is 0 Å². The lowest BCUT2D eigenvalue weighted by atomic mass is 9.99. The molecule has 0 spiro atoms. The van der Waals surface area contributed by atoms with E-state index in [1.54, 1.807) is 7.05 Å². The Morgan fingerprint density at radius 2 is 2.17 bits per heavy atom. The minimum absolute atomic E-state index is 0.00717. The predicted molar refractivity (Wildman–Crippen MR) is 91.8 cm³/mol. The number of likely N-dealkylation sites (tertiary alicyclic amines) is 1. The first-order chi connectivity index (χ1) is 11.3. The highest BCUT2D eigenvalue weighted by atomic mass is 16.2. The molecule has 1 N–H and O–H groups in total. The molecule has 0 radical (unpaired) electrons. The fraction of sp³-hybridized carbons (Fsp3) is 0.368. The van der Waals surface area contributed by atoms with Gasteiger partial charge in [0.1, 0.15) is 0 Å². The van der Waals surface area contributed by atoms with Crippen LogP contribution in [0.4, 0.5) is 0 Å². The molecule has 2 heterocycles. The van der Waals surface area contributed by atoms with Crippen LogP contribution in [0, 0.1) is 0 Å². The number of nitrogens with one attached hydrogen (secondary N) is 1. The van der Waals surface area contributed by atoms with E-state index in [0.29, 0.717) is 0 Å². The van der Waals surface area contributed by atoms with Gasteiger partial charge in [-0.1, -0.05) is 30.7 Å². The van der Waals surface area contributed by atoms with Gasteiger partial charge >= 0.3 is 0 Å². The van der Waals surface area contributed by atoms with E-state index in [4.69, 9.17) is 0 Å². The van der Waals surface area contributed by atoms with Crippen LogP contribution < -0.4 is 5.32 Å². The summed E-state index contributed by atoms with van der Waals surface area (Å²) in [5.41, 5.74) is 3.33. The van der Waals surface area contributed by atoms with Crippen LogP contribution in [0.15, 0.2) is 48.7 Å². The SMILES string of the molecule is CNC(=O)[C@@H]1CCCCN1Cc1cccc(-c2ccccn2)c1. The molecule has 3 rings (SSSR count). The highest BCUT2D eigenvalue weighted by Crippen LogP contribution is 2.22. The molecule has 1 aliphatic heterocycles. The third-order valence-corrected chi connectivity index (χ3v) is 4.44. The van der Waals surface area contributed by atoms with Gasteiger partial charge in [0.05, 0.1) is 11.7 Å². The summed E-state index contributed by atoms with van der Waals surface area (Å²) < 4.78 is 0. The molecule has 1 aromatic heterocycles. The number of benzene rings is 1. The number of aromatic nitrogens is 1. The van der Waals surface area contributed by atoms with Crippen LogP contribution in [0.25, 0.3) is 11.3 Å². The molecule has 0 bridgehead atoms. The predicted octanol–water partition coefficient (Wildman–Crippen LogP) is 2.85. The third-order valence-electron chi connectivity index (χ3n) is 4.44. The number of nitrogens with zero attached hydrogens (tertiary/aromatic N) is 2. The van der Waals surface area contributed by atoms with Crippen molar-refractivity contribution in [3.05, 3.63) is 54.2 Å². The number of hydrogen-bond donors (Lipinski definition) is 1. The number of piperidine rings is 1. The van der Waals surface area contributed by atoms with E-state index in [1.807, 2.05) is 24.4 Å². The fourth-order valence-electron chi connectivity index (χ4n) is 3.24. The summed E-state index contributed by atoms with van der Waals surface area (Å²) in [6, 6.07) is 14.4. The monoisotopic (exact) mass is 309 g/mol. The Balaban J connectivity index is 1.78. The van der Waals surface area contributed by atoms with Gasteiger partial charge in [-0.3, -0.25) is 14.7 Å². The van der Waals surface area contributed by atoms with Crippen molar-refractivity contribution in [3.8, 4) is 11.3 Å². The maximum Gasteiger partial charge on any atom is 0.237 e. The van der Waals surface area contributed by atoms with Crippen molar-refractivity contribution in [1.29, 1.82) is 0 Å². The van der Waals surface area contributed by atoms with E-state index in [0.717, 1.165) is 43.6 Å². The first-order valence-electron chi connectivity index (χ1n) is 8.24. The Hall–Kier alpha value is -2.20. The van der Waals surface area contributed by atoms with Crippen molar-refractivity contribution < 1.29 is 4.79 Å². The molecule has 1 amide bonds. The van der Waals surface area contributed by atoms with Gasteiger partial charge in [0.2, 0.25) is 5.91 Å². The topological polar surface area (TPSA) is 45.2 Å². The van der Waals surface area contributed by atoms with Crippen molar-refractivity contribution >= 4 is 5.91 Å². The molecule has 4 heteroatoms. The Bertz CT molecular complexity index is 657. The minimum Gasteiger partial charge on any atom is -0.358 e. The largest absolute Gasteiger partial charge is 0.358 e. The molecule has 0 aliphatic carbocycles. The Kier molecular flexibility index (Phi) is 5.03. The van der Waals surface area contributed by atoms with Crippen LogP contribution in [-0.2, 0) is 11.3 Å². The Morgan fingerprint density at radius 1 is 1.26 bits per heavy atom. The average molecular weight is 309 g/mol. The minimum atomic E-state index is -0.00717. The maximum atomic E-state index is 12.1. The molecule has 2 aromatic rings. The van der Waals surface area contributed by atoms with Crippen molar-refractivity contribution in [2.75, 3.05) is 13.6 Å². The lowest BCUT2D eigenvalue weighted by Crippen LogP contribution is -2.48. The standard InChI is InChI=1S/C19H23N3O/c1-20-19(23)18-10-3-5-12-22(18)14-15-7-6-8-16(13-15)17-9-2-4-11-21-17/h2,4,6-9,11,13,18H,3,5,10,12,14H2,1H3,(H,20,23)/t18-/m0/s1. The van der Waals surface area contributed by atoms with Gasteiger partial charge in [0.15, 0.2) is 0 Å². The first-order valence-corrected chi connectivity index (χ1v) is 8.24. The molecule has 1 aromatic carbocycles. The first kappa shape index (κ1) is 15.7. The number of amides is 1. The van der Waals surface area contributed by atoms with Gasteiger partial charge < -0.3 is 5.32 Å². The van der Waals surface area contributed by atoms with Crippen LogP contribution in [0.3, 0.4) is 0 Å². The quantitative estimate of drug-likeness (QED) is 0.944. The van der Waals surface area contributed by atoms with Gasteiger partial charge in [-0.05, 0) is 43.1 Å². The molecule has 1 aliphatic rings. The summed E-state index contributed by atoms with van der Waals surface area (Å²) in [5.74, 6) is 0.130. The van der Waals surface area contributed by atoms with E-state index < -0.39 is 0 Å². The number of rotatable bonds is 4. The zero-order valence-electron chi connectivity index (χ0n) is 13.5. The summed E-state index contributed by atoms with van der Waals surface area (Å²) in [7, 11) is 1.72. The van der Waals surface area contributed by atoms with E-state index >= 15 is 0 Å². The van der Waals surface area contributed by atoms with Crippen molar-refractivity contribution in [3.63, 3.8) is 0 Å². The van der Waals surface area contributed by atoms with Crippen molar-refractivity contribution in [2.45, 2.75) is 31.8 Å². The van der Waals surface area contributed by atoms with E-state index in [2.05, 4.69) is 39.5 Å². The van der Waals surface area contributed by atoms with Crippen LogP contribution in [-0.4, -0.2) is 35.4 Å². The highest BCUT2D eigenvalue weighted by Gasteiger charge is 2.27. The summed E-state index contributed by atoms with van der Waals surface area (Å²) in [4.78, 5) is 18.8. The third kappa shape index (κ3) is 3.77. The van der Waals surface area contributed by atoms with Gasteiger partial charge in [-0.25, -0.2) is 0 Å². The van der Waals surface area contributed by atoms with Gasteiger partial charge in [0.25, 0.3) is 0 Å². The molecule has 120 valence electrons. The molecular weight excluding hydrogens is 286 g/mol. The summed E-state index contributed by atoms with van der Waals surface area (Å²) in [6.07, 6.45) is 5.05. The molecule has 1 saturated heterocycles. The lowest BCUT2D eigenvalue weighted by molar-refractivity contribution is -0.127. The zero-order chi connectivity index (χ0) is 16.1. The molecule has 23 heavy (non-hydrogen) atoms. The highest BCUT2D eigenvalue weighted by molar-refractivity contribution is 5.81. The smallest absolute Gasteiger partial charge is 0.237 e. The molecule has 0 unspecified atom stereocenters. The number of carbonyl (C=O) groups is 1. The second-order valence-corrected chi connectivity index (χ2v) is 6.01. The normalized spacial score (nSPS) is 18.6. The second-order valence-electron chi connectivity index (χ2n) is 6.01. The maximum absolute atomic E-state index is 12.1. The van der Waals surface area contributed by atoms with Crippen LogP contribution in [0.5, 0.6) is 0 Å². The molecule has 1 atom stereocenters. The number of hydrogen-bond acceptors (Lipinski definition) is 3. The number of likely N-dealkylation sites (N-methyl/N-ethyl adjacent to an activating group) is 1. The molecule has 0 saturated carbocycles. The Morgan fingerprint density at radius 3 is 2.96 bits per heavy atom. The van der Waals surface area contributed by atoms with Crippen LogP contribution >= 0.6 is 0 Å². The van der Waals surface area contributed by atoms with E-state index in [1.165, 1.54) is 5.56 Å². The summed E-state index contributed by atoms with van der Waals surface area (Å²) in [6.45, 7) is 1.78. The Labute approximate surface area is 137 Å². The molecular formula is C19H23N3O. The van der Waals surface area contributed by atoms with Crippen LogP contribution in [0.1, 0.15) is 24.8 Å². The van der Waals surface area contributed by atoms with E-state index in [-0.39, 0.29) is 11.9 Å². The number of pyridine rings is 1. The molecule has 4 nitrogen and oxygen atoms in total. The van der Waals surface area contributed by atoms with Gasteiger partial charge in [0, 0.05) is 25.4 Å². The summed E-state index contributed by atoms with van der Waals surface area (Å²) >= 11 is 0. The molecule has 1 fully saturated rings. The van der Waals surface area contributed by atoms with Crippen LogP contribution in [0.2, 0.25) is 0 Å². The lowest BCUT2D eigenvalue weighted by Gasteiger charge is -2.34. The summed E-state index contributed by atoms with van der Waals surface area (Å²) in [5, 5.41) is 2.80.